The van der Waals surface area contributed by atoms with Crippen LogP contribution < -0.4 is 5.32 Å². The Hall–Kier alpha value is -2.34. The van der Waals surface area contributed by atoms with Gasteiger partial charge in [0.05, 0.1) is 16.8 Å². The van der Waals surface area contributed by atoms with E-state index in [-0.39, 0.29) is 30.1 Å². The lowest BCUT2D eigenvalue weighted by Crippen LogP contribution is -2.57. The van der Waals surface area contributed by atoms with Crippen molar-refractivity contribution in [3.05, 3.63) is 76.6 Å². The van der Waals surface area contributed by atoms with Crippen molar-refractivity contribution in [2.45, 2.75) is 18.9 Å². The number of halogens is 2. The van der Waals surface area contributed by atoms with Gasteiger partial charge in [-0.2, -0.15) is 0 Å². The van der Waals surface area contributed by atoms with Crippen LogP contribution in [0.2, 0.25) is 5.02 Å². The molecule has 5 nitrogen and oxygen atoms in total. The first-order valence-electron chi connectivity index (χ1n) is 10.0. The lowest BCUT2D eigenvalue weighted by atomic mass is 9.84. The molecule has 3 aliphatic rings. The maximum atomic E-state index is 13.1. The molecule has 1 aromatic carbocycles. The number of pyridine rings is 1. The quantitative estimate of drug-likeness (QED) is 0.618. The van der Waals surface area contributed by atoms with Crippen LogP contribution in [0.25, 0.3) is 5.52 Å². The van der Waals surface area contributed by atoms with Crippen molar-refractivity contribution in [2.24, 2.45) is 5.92 Å². The van der Waals surface area contributed by atoms with E-state index in [1.807, 2.05) is 24.4 Å². The van der Waals surface area contributed by atoms with E-state index in [1.54, 1.807) is 34.7 Å². The molecule has 0 unspecified atom stereocenters. The number of nitrogens with zero attached hydrogens (tertiary/aromatic N) is 2. The highest BCUT2D eigenvalue weighted by molar-refractivity contribution is 6.30. The van der Waals surface area contributed by atoms with E-state index in [0.717, 1.165) is 38.0 Å². The number of aromatic nitrogens is 1. The van der Waals surface area contributed by atoms with E-state index in [1.165, 1.54) is 0 Å². The Morgan fingerprint density at radius 3 is 2.43 bits per heavy atom. The van der Waals surface area contributed by atoms with Crippen LogP contribution in [-0.2, 0) is 0 Å². The SMILES string of the molecule is Cl.O=C(N[C@H]1CN2CCC1CC2)c1cc(C(=O)c2ccc(Cl)cc2)n2ccccc12. The van der Waals surface area contributed by atoms with Crippen LogP contribution in [0.15, 0.2) is 54.7 Å². The molecule has 2 aromatic heterocycles. The fourth-order valence-corrected chi connectivity index (χ4v) is 4.76. The number of amides is 1. The molecule has 30 heavy (non-hydrogen) atoms. The fraction of sp³-hybridized carbons (Fsp3) is 0.304. The van der Waals surface area contributed by atoms with E-state index < -0.39 is 0 Å². The van der Waals surface area contributed by atoms with Crippen LogP contribution in [0.5, 0.6) is 0 Å². The topological polar surface area (TPSA) is 53.8 Å². The summed E-state index contributed by atoms with van der Waals surface area (Å²) in [6.07, 6.45) is 4.10. The predicted octanol–water partition coefficient (Wildman–Crippen LogP) is 4.07. The van der Waals surface area contributed by atoms with Crippen LogP contribution in [0.1, 0.15) is 39.3 Å². The van der Waals surface area contributed by atoms with E-state index >= 15 is 0 Å². The van der Waals surface area contributed by atoms with Gasteiger partial charge in [-0.05, 0) is 74.3 Å². The average Bonchev–Trinajstić information content (AvgIpc) is 3.14. The van der Waals surface area contributed by atoms with Crippen molar-refractivity contribution in [1.82, 2.24) is 14.6 Å². The Labute approximate surface area is 186 Å². The highest BCUT2D eigenvalue weighted by Gasteiger charge is 2.35. The lowest BCUT2D eigenvalue weighted by molar-refractivity contribution is 0.0621. The van der Waals surface area contributed by atoms with Crippen LogP contribution in [0, 0.1) is 5.92 Å². The zero-order valence-electron chi connectivity index (χ0n) is 16.4. The van der Waals surface area contributed by atoms with E-state index in [2.05, 4.69) is 10.2 Å². The van der Waals surface area contributed by atoms with Gasteiger partial charge in [0.25, 0.3) is 5.91 Å². The molecule has 1 atom stereocenters. The van der Waals surface area contributed by atoms with Gasteiger partial charge in [-0.15, -0.1) is 12.4 Å². The summed E-state index contributed by atoms with van der Waals surface area (Å²) in [7, 11) is 0. The minimum absolute atomic E-state index is 0. The molecule has 0 aliphatic carbocycles. The minimum Gasteiger partial charge on any atom is -0.348 e. The number of carbonyl (C=O) groups is 2. The van der Waals surface area contributed by atoms with Gasteiger partial charge in [-0.25, -0.2) is 0 Å². The predicted molar refractivity (Wildman–Crippen MR) is 120 cm³/mol. The maximum absolute atomic E-state index is 13.1. The number of hydrogen-bond acceptors (Lipinski definition) is 3. The number of ketones is 1. The second kappa shape index (κ2) is 8.42. The zero-order chi connectivity index (χ0) is 20.0. The van der Waals surface area contributed by atoms with Crippen molar-refractivity contribution in [2.75, 3.05) is 19.6 Å². The molecule has 3 aromatic rings. The molecule has 1 N–H and O–H groups in total. The van der Waals surface area contributed by atoms with Crippen molar-refractivity contribution < 1.29 is 9.59 Å². The molecule has 6 rings (SSSR count). The lowest BCUT2D eigenvalue weighted by Gasteiger charge is -2.44. The number of fused-ring (bicyclic) bond motifs is 4. The Morgan fingerprint density at radius 1 is 1.03 bits per heavy atom. The number of benzene rings is 1. The van der Waals surface area contributed by atoms with Crippen LogP contribution in [-0.4, -0.2) is 46.7 Å². The summed E-state index contributed by atoms with van der Waals surface area (Å²) in [6.45, 7) is 3.18. The summed E-state index contributed by atoms with van der Waals surface area (Å²) in [6, 6.07) is 14.3. The summed E-state index contributed by atoms with van der Waals surface area (Å²) in [5.41, 5.74) is 2.30. The number of rotatable bonds is 4. The second-order valence-corrected chi connectivity index (χ2v) is 8.39. The molecule has 3 aliphatic heterocycles. The highest BCUT2D eigenvalue weighted by Crippen LogP contribution is 2.28. The van der Waals surface area contributed by atoms with Gasteiger partial charge < -0.3 is 14.6 Å². The molecule has 0 saturated carbocycles. The van der Waals surface area contributed by atoms with Gasteiger partial charge in [0, 0.05) is 29.4 Å². The monoisotopic (exact) mass is 443 g/mol. The molecule has 2 bridgehead atoms. The minimum atomic E-state index is -0.134. The smallest absolute Gasteiger partial charge is 0.253 e. The average molecular weight is 444 g/mol. The molecule has 5 heterocycles. The van der Waals surface area contributed by atoms with Gasteiger partial charge in [-0.3, -0.25) is 9.59 Å². The molecule has 0 spiro atoms. The Kier molecular flexibility index (Phi) is 5.87. The molecule has 1 amide bonds. The second-order valence-electron chi connectivity index (χ2n) is 7.95. The number of piperidine rings is 3. The van der Waals surface area contributed by atoms with Crippen LogP contribution >= 0.6 is 24.0 Å². The van der Waals surface area contributed by atoms with Gasteiger partial charge >= 0.3 is 0 Å². The van der Waals surface area contributed by atoms with Crippen molar-refractivity contribution in [3.8, 4) is 0 Å². The zero-order valence-corrected chi connectivity index (χ0v) is 18.0. The number of nitrogens with one attached hydrogen (secondary N) is 1. The molecule has 156 valence electrons. The molecular formula is C23H23Cl2N3O2. The van der Waals surface area contributed by atoms with Gasteiger partial charge in [-0.1, -0.05) is 17.7 Å². The summed E-state index contributed by atoms with van der Waals surface area (Å²) in [5, 5.41) is 3.82. The Bertz CT molecular complexity index is 1090. The summed E-state index contributed by atoms with van der Waals surface area (Å²) in [5.74, 6) is 0.306. The molecule has 3 fully saturated rings. The van der Waals surface area contributed by atoms with Gasteiger partial charge in [0.1, 0.15) is 0 Å². The number of carbonyl (C=O) groups excluding carboxylic acids is 2. The van der Waals surface area contributed by atoms with Crippen molar-refractivity contribution in [3.63, 3.8) is 0 Å². The molecule has 7 heteroatoms. The fourth-order valence-electron chi connectivity index (χ4n) is 4.63. The van der Waals surface area contributed by atoms with E-state index in [0.29, 0.717) is 27.8 Å². The highest BCUT2D eigenvalue weighted by atomic mass is 35.5. The van der Waals surface area contributed by atoms with Crippen molar-refractivity contribution >= 4 is 41.2 Å². The third-order valence-corrected chi connectivity index (χ3v) is 6.48. The maximum Gasteiger partial charge on any atom is 0.253 e. The Balaban J connectivity index is 0.00000218. The summed E-state index contributed by atoms with van der Waals surface area (Å²) in [4.78, 5) is 28.7. The van der Waals surface area contributed by atoms with Crippen LogP contribution in [0.4, 0.5) is 0 Å². The molecule has 0 radical (unpaired) electrons. The van der Waals surface area contributed by atoms with Crippen molar-refractivity contribution in [1.29, 1.82) is 0 Å². The first-order valence-corrected chi connectivity index (χ1v) is 10.4. The first kappa shape index (κ1) is 20.9. The Morgan fingerprint density at radius 2 is 1.77 bits per heavy atom. The third-order valence-electron chi connectivity index (χ3n) is 6.23. The third kappa shape index (κ3) is 3.73. The van der Waals surface area contributed by atoms with Gasteiger partial charge in [0.15, 0.2) is 0 Å². The van der Waals surface area contributed by atoms with E-state index in [4.69, 9.17) is 11.6 Å². The standard InChI is InChI=1S/C23H22ClN3O2.ClH/c24-17-6-4-16(5-7-17)22(28)21-13-18(20-3-1-2-10-27(20)21)23(29)25-19-14-26-11-8-15(19)9-12-26;/h1-7,10,13,15,19H,8-9,11-12,14H2,(H,25,29);1H/t19-;/m0./s1. The normalized spacial score (nSPS) is 22.5. The largest absolute Gasteiger partial charge is 0.348 e. The molecule has 3 saturated heterocycles. The first-order chi connectivity index (χ1) is 14.1. The summed E-state index contributed by atoms with van der Waals surface area (Å²) >= 11 is 5.95. The summed E-state index contributed by atoms with van der Waals surface area (Å²) < 4.78 is 1.79. The number of hydrogen-bond donors (Lipinski definition) is 1. The van der Waals surface area contributed by atoms with Gasteiger partial charge in [0.2, 0.25) is 5.78 Å². The molecular weight excluding hydrogens is 421 g/mol. The van der Waals surface area contributed by atoms with E-state index in [9.17, 15) is 9.59 Å². The van der Waals surface area contributed by atoms with Crippen LogP contribution in [0.3, 0.4) is 0 Å².